The minimum atomic E-state index is -0.456. The van der Waals surface area contributed by atoms with Crippen LogP contribution in [0.3, 0.4) is 0 Å². The van der Waals surface area contributed by atoms with Crippen LogP contribution in [-0.4, -0.2) is 17.0 Å². The molecule has 1 N–H and O–H groups in total. The third-order valence-corrected chi connectivity index (χ3v) is 4.45. The molecule has 6 nitrogen and oxygen atoms in total. The Kier molecular flexibility index (Phi) is 4.89. The Morgan fingerprint density at radius 1 is 1.39 bits per heavy atom. The van der Waals surface area contributed by atoms with E-state index < -0.39 is 4.92 Å². The van der Waals surface area contributed by atoms with Gasteiger partial charge in [-0.1, -0.05) is 20.8 Å². The van der Waals surface area contributed by atoms with Crippen molar-refractivity contribution >= 4 is 22.7 Å². The molecule has 2 aromatic rings. The standard InChI is InChI=1S/C16H21N3O3S/c1-10(15-18-14(9-23-15)16(2,3)4)17-11-6-7-12(19(20)21)13(8-11)22-5/h6-10,17H,1-5H3. The van der Waals surface area contributed by atoms with Gasteiger partial charge in [0.1, 0.15) is 5.01 Å². The number of nitro benzene ring substituents is 1. The molecule has 0 aliphatic rings. The highest BCUT2D eigenvalue weighted by molar-refractivity contribution is 7.09. The molecular formula is C16H21N3O3S. The average molecular weight is 335 g/mol. The fraction of sp³-hybridized carbons (Fsp3) is 0.438. The van der Waals surface area contributed by atoms with Crippen LogP contribution in [0, 0.1) is 10.1 Å². The van der Waals surface area contributed by atoms with Gasteiger partial charge in [-0.15, -0.1) is 11.3 Å². The first-order chi connectivity index (χ1) is 10.7. The van der Waals surface area contributed by atoms with Crippen LogP contribution < -0.4 is 10.1 Å². The number of nitrogens with zero attached hydrogens (tertiary/aromatic N) is 2. The van der Waals surface area contributed by atoms with E-state index in [1.54, 1.807) is 23.5 Å². The Morgan fingerprint density at radius 3 is 2.61 bits per heavy atom. The maximum atomic E-state index is 10.9. The van der Waals surface area contributed by atoms with Crippen molar-refractivity contribution in [3.8, 4) is 5.75 Å². The molecule has 1 aromatic heterocycles. The van der Waals surface area contributed by atoms with E-state index in [0.717, 1.165) is 16.4 Å². The van der Waals surface area contributed by atoms with Crippen LogP contribution in [0.1, 0.15) is 44.4 Å². The first-order valence-corrected chi connectivity index (χ1v) is 8.15. The number of hydrogen-bond acceptors (Lipinski definition) is 6. The number of nitrogens with one attached hydrogen (secondary N) is 1. The van der Waals surface area contributed by atoms with E-state index in [1.165, 1.54) is 13.2 Å². The number of ether oxygens (including phenoxy) is 1. The highest BCUT2D eigenvalue weighted by Crippen LogP contribution is 2.32. The number of rotatable bonds is 5. The Bertz CT molecular complexity index is 707. The van der Waals surface area contributed by atoms with E-state index in [-0.39, 0.29) is 22.9 Å². The van der Waals surface area contributed by atoms with Crippen LogP contribution in [0.4, 0.5) is 11.4 Å². The summed E-state index contributed by atoms with van der Waals surface area (Å²) in [5, 5.41) is 17.3. The lowest BCUT2D eigenvalue weighted by molar-refractivity contribution is -0.385. The average Bonchev–Trinajstić information content (AvgIpc) is 2.96. The fourth-order valence-corrected chi connectivity index (χ4v) is 3.11. The molecule has 0 aliphatic carbocycles. The lowest BCUT2D eigenvalue weighted by Crippen LogP contribution is -2.13. The van der Waals surface area contributed by atoms with Gasteiger partial charge in [0.2, 0.25) is 0 Å². The normalized spacial score (nSPS) is 12.7. The zero-order valence-electron chi connectivity index (χ0n) is 13.9. The van der Waals surface area contributed by atoms with Crippen LogP contribution >= 0.6 is 11.3 Å². The first kappa shape index (κ1) is 17.2. The first-order valence-electron chi connectivity index (χ1n) is 7.27. The third-order valence-electron chi connectivity index (χ3n) is 3.42. The van der Waals surface area contributed by atoms with Crippen molar-refractivity contribution in [3.63, 3.8) is 0 Å². The van der Waals surface area contributed by atoms with E-state index in [9.17, 15) is 10.1 Å². The summed E-state index contributed by atoms with van der Waals surface area (Å²) < 4.78 is 5.09. The van der Waals surface area contributed by atoms with E-state index in [0.29, 0.717) is 0 Å². The SMILES string of the molecule is COc1cc(NC(C)c2nc(C(C)(C)C)cs2)ccc1[N+](=O)[O-]. The monoisotopic (exact) mass is 335 g/mol. The molecule has 0 aliphatic heterocycles. The molecular weight excluding hydrogens is 314 g/mol. The molecule has 2 rings (SSSR count). The summed E-state index contributed by atoms with van der Waals surface area (Å²) in [6.07, 6.45) is 0. The molecule has 0 saturated heterocycles. The van der Waals surface area contributed by atoms with Gasteiger partial charge in [0.25, 0.3) is 0 Å². The number of methoxy groups -OCH3 is 1. The van der Waals surface area contributed by atoms with Crippen LogP contribution in [0.25, 0.3) is 0 Å². The third kappa shape index (κ3) is 3.98. The van der Waals surface area contributed by atoms with Gasteiger partial charge in [-0.05, 0) is 13.0 Å². The van der Waals surface area contributed by atoms with Gasteiger partial charge in [-0.2, -0.15) is 0 Å². The maximum Gasteiger partial charge on any atom is 0.311 e. The molecule has 0 fully saturated rings. The zero-order valence-corrected chi connectivity index (χ0v) is 14.7. The molecule has 1 unspecified atom stereocenters. The molecule has 1 heterocycles. The van der Waals surface area contributed by atoms with Gasteiger partial charge in [0, 0.05) is 28.6 Å². The summed E-state index contributed by atoms with van der Waals surface area (Å²) in [4.78, 5) is 15.2. The number of aromatic nitrogens is 1. The minimum Gasteiger partial charge on any atom is -0.490 e. The lowest BCUT2D eigenvalue weighted by Gasteiger charge is -2.16. The molecule has 0 amide bonds. The number of anilines is 1. The molecule has 0 radical (unpaired) electrons. The molecule has 23 heavy (non-hydrogen) atoms. The molecule has 0 bridgehead atoms. The maximum absolute atomic E-state index is 10.9. The van der Waals surface area contributed by atoms with Gasteiger partial charge in [0.15, 0.2) is 5.75 Å². The summed E-state index contributed by atoms with van der Waals surface area (Å²) in [7, 11) is 1.42. The highest BCUT2D eigenvalue weighted by atomic mass is 32.1. The van der Waals surface area contributed by atoms with Gasteiger partial charge in [0.05, 0.1) is 23.8 Å². The summed E-state index contributed by atoms with van der Waals surface area (Å²) in [5.41, 5.74) is 1.79. The number of benzene rings is 1. The van der Waals surface area contributed by atoms with E-state index in [1.807, 2.05) is 6.92 Å². The predicted molar refractivity (Wildman–Crippen MR) is 92.5 cm³/mol. The second-order valence-corrected chi connectivity index (χ2v) is 7.22. The lowest BCUT2D eigenvalue weighted by atomic mass is 9.93. The minimum absolute atomic E-state index is 0.00209. The quantitative estimate of drug-likeness (QED) is 0.641. The number of thiazole rings is 1. The van der Waals surface area contributed by atoms with Crippen molar-refractivity contribution in [1.82, 2.24) is 4.98 Å². The van der Waals surface area contributed by atoms with Gasteiger partial charge in [-0.3, -0.25) is 10.1 Å². The molecule has 7 heteroatoms. The molecule has 1 aromatic carbocycles. The van der Waals surface area contributed by atoms with Crippen molar-refractivity contribution in [2.24, 2.45) is 0 Å². The summed E-state index contributed by atoms with van der Waals surface area (Å²) in [6.45, 7) is 8.40. The van der Waals surface area contributed by atoms with Crippen LogP contribution in [-0.2, 0) is 5.41 Å². The smallest absolute Gasteiger partial charge is 0.311 e. The Hall–Kier alpha value is -2.15. The highest BCUT2D eigenvalue weighted by Gasteiger charge is 2.20. The zero-order chi connectivity index (χ0) is 17.2. The van der Waals surface area contributed by atoms with Crippen molar-refractivity contribution in [1.29, 1.82) is 0 Å². The fourth-order valence-electron chi connectivity index (χ4n) is 2.06. The molecule has 1 atom stereocenters. The van der Waals surface area contributed by atoms with E-state index >= 15 is 0 Å². The topological polar surface area (TPSA) is 77.3 Å². The van der Waals surface area contributed by atoms with Crippen LogP contribution in [0.15, 0.2) is 23.6 Å². The summed E-state index contributed by atoms with van der Waals surface area (Å²) in [5.74, 6) is 0.238. The second-order valence-electron chi connectivity index (χ2n) is 6.33. The largest absolute Gasteiger partial charge is 0.490 e. The molecule has 0 saturated carbocycles. The van der Waals surface area contributed by atoms with Crippen molar-refractivity contribution in [2.45, 2.75) is 39.2 Å². The summed E-state index contributed by atoms with van der Waals surface area (Å²) >= 11 is 1.61. The Labute approximate surface area is 139 Å². The van der Waals surface area contributed by atoms with Gasteiger partial charge < -0.3 is 10.1 Å². The van der Waals surface area contributed by atoms with E-state index in [2.05, 4.69) is 36.5 Å². The summed E-state index contributed by atoms with van der Waals surface area (Å²) in [6, 6.07) is 4.75. The number of hydrogen-bond donors (Lipinski definition) is 1. The van der Waals surface area contributed by atoms with Crippen LogP contribution in [0.2, 0.25) is 0 Å². The van der Waals surface area contributed by atoms with Gasteiger partial charge in [-0.25, -0.2) is 4.98 Å². The van der Waals surface area contributed by atoms with Crippen molar-refractivity contribution in [3.05, 3.63) is 44.4 Å². The van der Waals surface area contributed by atoms with Crippen molar-refractivity contribution in [2.75, 3.05) is 12.4 Å². The van der Waals surface area contributed by atoms with Gasteiger partial charge >= 0.3 is 5.69 Å². The number of nitro groups is 1. The van der Waals surface area contributed by atoms with E-state index in [4.69, 9.17) is 4.74 Å². The molecule has 0 spiro atoms. The van der Waals surface area contributed by atoms with Crippen LogP contribution in [0.5, 0.6) is 5.75 Å². The van der Waals surface area contributed by atoms with Crippen molar-refractivity contribution < 1.29 is 9.66 Å². The predicted octanol–water partition coefficient (Wildman–Crippen LogP) is 4.53. The second kappa shape index (κ2) is 6.54. The Balaban J connectivity index is 2.18. The Morgan fingerprint density at radius 2 is 2.09 bits per heavy atom. The molecule has 124 valence electrons.